The molecule has 1 N–H and O–H groups in total. The summed E-state index contributed by atoms with van der Waals surface area (Å²) in [5.74, 6) is -1.83. The fraction of sp³-hybridized carbons (Fsp3) is 0.278. The van der Waals surface area contributed by atoms with Crippen molar-refractivity contribution in [1.82, 2.24) is 14.7 Å². The number of benzene rings is 1. The first-order valence-corrected chi connectivity index (χ1v) is 7.91. The van der Waals surface area contributed by atoms with Crippen LogP contribution in [0.5, 0.6) is 0 Å². The van der Waals surface area contributed by atoms with Crippen LogP contribution in [-0.4, -0.2) is 44.1 Å². The number of ketones is 1. The second-order valence-corrected chi connectivity index (χ2v) is 6.24. The largest absolute Gasteiger partial charge is 0.507 e. The highest BCUT2D eigenvalue weighted by atomic mass is 19.1. The first kappa shape index (κ1) is 16.9. The number of carbonyl (C=O) groups excluding carboxylic acids is 2. The van der Waals surface area contributed by atoms with E-state index in [0.29, 0.717) is 12.1 Å². The molecule has 0 spiro atoms. The predicted molar refractivity (Wildman–Crippen MR) is 89.1 cm³/mol. The van der Waals surface area contributed by atoms with Gasteiger partial charge in [0.25, 0.3) is 11.7 Å². The van der Waals surface area contributed by atoms with E-state index in [1.165, 1.54) is 23.2 Å². The quantitative estimate of drug-likeness (QED) is 0.524. The van der Waals surface area contributed by atoms with E-state index in [4.69, 9.17) is 0 Å². The Labute approximate surface area is 144 Å². The van der Waals surface area contributed by atoms with Gasteiger partial charge in [0.1, 0.15) is 11.6 Å². The second-order valence-electron chi connectivity index (χ2n) is 6.24. The van der Waals surface area contributed by atoms with Crippen molar-refractivity contribution in [2.75, 3.05) is 6.54 Å². The van der Waals surface area contributed by atoms with Gasteiger partial charge in [-0.3, -0.25) is 14.3 Å². The molecule has 1 saturated heterocycles. The highest BCUT2D eigenvalue weighted by molar-refractivity contribution is 6.46. The molecule has 0 aliphatic carbocycles. The Morgan fingerprint density at radius 3 is 2.56 bits per heavy atom. The van der Waals surface area contributed by atoms with Crippen LogP contribution in [0.1, 0.15) is 25.0 Å². The van der Waals surface area contributed by atoms with Crippen LogP contribution in [0.4, 0.5) is 4.39 Å². The number of aliphatic hydroxyl groups is 1. The molecular weight excluding hydrogens is 325 g/mol. The molecule has 0 atom stereocenters. The van der Waals surface area contributed by atoms with Gasteiger partial charge >= 0.3 is 0 Å². The van der Waals surface area contributed by atoms with Gasteiger partial charge in [-0.05, 0) is 31.5 Å². The molecule has 130 valence electrons. The molecule has 25 heavy (non-hydrogen) atoms. The van der Waals surface area contributed by atoms with E-state index in [2.05, 4.69) is 5.10 Å². The van der Waals surface area contributed by atoms with E-state index >= 15 is 0 Å². The summed E-state index contributed by atoms with van der Waals surface area (Å²) in [4.78, 5) is 25.5. The van der Waals surface area contributed by atoms with Crippen molar-refractivity contribution >= 4 is 17.4 Å². The SMILES string of the molecule is CC(C)N1CC(=C(O)c2cnn(Cc3ccc(F)cc3)c2)C(=O)C1=O. The number of hydrogen-bond donors (Lipinski definition) is 1. The average molecular weight is 343 g/mol. The first-order valence-electron chi connectivity index (χ1n) is 7.91. The predicted octanol–water partition coefficient (Wildman–Crippen LogP) is 2.16. The fourth-order valence-electron chi connectivity index (χ4n) is 2.70. The van der Waals surface area contributed by atoms with Crippen LogP contribution in [0.25, 0.3) is 5.76 Å². The number of aromatic nitrogens is 2. The molecule has 1 aromatic heterocycles. The number of halogens is 1. The van der Waals surface area contributed by atoms with Crippen molar-refractivity contribution in [3.63, 3.8) is 0 Å². The Hall–Kier alpha value is -2.96. The minimum Gasteiger partial charge on any atom is -0.507 e. The molecule has 1 aliphatic heterocycles. The monoisotopic (exact) mass is 343 g/mol. The lowest BCUT2D eigenvalue weighted by Crippen LogP contribution is -2.33. The average Bonchev–Trinajstić information content (AvgIpc) is 3.15. The Morgan fingerprint density at radius 1 is 1.28 bits per heavy atom. The van der Waals surface area contributed by atoms with Crippen LogP contribution in [-0.2, 0) is 16.1 Å². The molecule has 6 nitrogen and oxygen atoms in total. The van der Waals surface area contributed by atoms with Crippen molar-refractivity contribution in [2.45, 2.75) is 26.4 Å². The summed E-state index contributed by atoms with van der Waals surface area (Å²) >= 11 is 0. The summed E-state index contributed by atoms with van der Waals surface area (Å²) < 4.78 is 14.5. The molecule has 1 aromatic carbocycles. The van der Waals surface area contributed by atoms with Crippen LogP contribution in [0.2, 0.25) is 0 Å². The first-order chi connectivity index (χ1) is 11.9. The number of rotatable bonds is 4. The number of amides is 1. The minimum atomic E-state index is -0.683. The summed E-state index contributed by atoms with van der Waals surface area (Å²) in [6, 6.07) is 5.90. The standard InChI is InChI=1S/C18H18FN3O3/c1-11(2)22-10-15(17(24)18(22)25)16(23)13-7-20-21(9-13)8-12-3-5-14(19)6-4-12/h3-7,9,11,23H,8,10H2,1-2H3. The van der Waals surface area contributed by atoms with Crippen LogP contribution in [0.15, 0.2) is 42.2 Å². The number of hydrogen-bond acceptors (Lipinski definition) is 4. The number of aliphatic hydroxyl groups excluding tert-OH is 1. The lowest BCUT2D eigenvalue weighted by molar-refractivity contribution is -0.140. The maximum absolute atomic E-state index is 12.9. The van der Waals surface area contributed by atoms with Gasteiger partial charge in [0.05, 0.1) is 30.4 Å². The van der Waals surface area contributed by atoms with E-state index in [1.807, 2.05) is 13.8 Å². The maximum Gasteiger partial charge on any atom is 0.295 e. The van der Waals surface area contributed by atoms with Crippen molar-refractivity contribution in [1.29, 1.82) is 0 Å². The Balaban J connectivity index is 1.83. The Bertz CT molecular complexity index is 853. The molecule has 0 bridgehead atoms. The minimum absolute atomic E-state index is 0.0834. The van der Waals surface area contributed by atoms with Crippen LogP contribution in [0, 0.1) is 5.82 Å². The zero-order valence-corrected chi connectivity index (χ0v) is 13.9. The lowest BCUT2D eigenvalue weighted by atomic mass is 10.1. The number of carbonyl (C=O) groups is 2. The second kappa shape index (κ2) is 6.51. The van der Waals surface area contributed by atoms with Crippen molar-refractivity contribution in [3.8, 4) is 0 Å². The molecule has 1 amide bonds. The molecule has 1 fully saturated rings. The lowest BCUT2D eigenvalue weighted by Gasteiger charge is -2.18. The zero-order valence-electron chi connectivity index (χ0n) is 13.9. The Morgan fingerprint density at radius 2 is 1.96 bits per heavy atom. The van der Waals surface area contributed by atoms with E-state index in [0.717, 1.165) is 5.56 Å². The summed E-state index contributed by atoms with van der Waals surface area (Å²) in [5.41, 5.74) is 1.30. The normalized spacial score (nSPS) is 16.9. The molecule has 0 radical (unpaired) electrons. The van der Waals surface area contributed by atoms with Gasteiger partial charge in [-0.15, -0.1) is 0 Å². The summed E-state index contributed by atoms with van der Waals surface area (Å²) in [7, 11) is 0. The van der Waals surface area contributed by atoms with Crippen LogP contribution < -0.4 is 0 Å². The van der Waals surface area contributed by atoms with Gasteiger partial charge in [-0.2, -0.15) is 5.10 Å². The van der Waals surface area contributed by atoms with Crippen molar-refractivity contribution in [2.24, 2.45) is 0 Å². The third-order valence-electron chi connectivity index (χ3n) is 4.13. The molecule has 0 saturated carbocycles. The summed E-state index contributed by atoms with van der Waals surface area (Å²) in [6.45, 7) is 4.11. The summed E-state index contributed by atoms with van der Waals surface area (Å²) in [5, 5.41) is 14.5. The smallest absolute Gasteiger partial charge is 0.295 e. The highest BCUT2D eigenvalue weighted by Gasteiger charge is 2.38. The number of nitrogens with zero attached hydrogens (tertiary/aromatic N) is 3. The zero-order chi connectivity index (χ0) is 18.1. The number of Topliss-reactive ketones (excluding diaryl/α,β-unsaturated/α-hetero) is 1. The molecular formula is C18H18FN3O3. The van der Waals surface area contributed by atoms with Crippen LogP contribution in [0.3, 0.4) is 0 Å². The van der Waals surface area contributed by atoms with E-state index in [1.54, 1.807) is 23.0 Å². The third-order valence-corrected chi connectivity index (χ3v) is 4.13. The van der Waals surface area contributed by atoms with Gasteiger partial charge in [0.15, 0.2) is 0 Å². The Kier molecular flexibility index (Phi) is 4.39. The van der Waals surface area contributed by atoms with Gasteiger partial charge in [0.2, 0.25) is 0 Å². The highest BCUT2D eigenvalue weighted by Crippen LogP contribution is 2.24. The van der Waals surface area contributed by atoms with Crippen LogP contribution >= 0.6 is 0 Å². The number of likely N-dealkylation sites (tertiary alicyclic amines) is 1. The molecule has 2 heterocycles. The topological polar surface area (TPSA) is 75.4 Å². The maximum atomic E-state index is 12.9. The van der Waals surface area contributed by atoms with Crippen molar-refractivity contribution in [3.05, 3.63) is 59.2 Å². The summed E-state index contributed by atoms with van der Waals surface area (Å²) in [6.07, 6.45) is 3.02. The molecule has 1 aliphatic rings. The molecule has 7 heteroatoms. The van der Waals surface area contributed by atoms with Crippen molar-refractivity contribution < 1.29 is 19.1 Å². The fourth-order valence-corrected chi connectivity index (χ4v) is 2.70. The van der Waals surface area contributed by atoms with Gasteiger partial charge in [0, 0.05) is 12.2 Å². The van der Waals surface area contributed by atoms with E-state index in [-0.39, 0.29) is 29.7 Å². The molecule has 2 aromatic rings. The van der Waals surface area contributed by atoms with Gasteiger partial charge < -0.3 is 10.0 Å². The van der Waals surface area contributed by atoms with Gasteiger partial charge in [-0.25, -0.2) is 4.39 Å². The van der Waals surface area contributed by atoms with Gasteiger partial charge in [-0.1, -0.05) is 12.1 Å². The molecule has 0 unspecified atom stereocenters. The van der Waals surface area contributed by atoms with E-state index < -0.39 is 11.7 Å². The third kappa shape index (κ3) is 3.31. The van der Waals surface area contributed by atoms with E-state index in [9.17, 15) is 19.1 Å². The molecule has 3 rings (SSSR count).